The topological polar surface area (TPSA) is 44.8 Å². The maximum atomic E-state index is 10.0. The van der Waals surface area contributed by atoms with Gasteiger partial charge in [-0.2, -0.15) is 4.89 Å². The zero-order chi connectivity index (χ0) is 7.11. The molecule has 58 valence electrons. The fourth-order valence-electron chi connectivity index (χ4n) is 0.242. The third-order valence-electron chi connectivity index (χ3n) is 0.547. The molecule has 0 fully saturated rings. The van der Waals surface area contributed by atoms with Crippen molar-refractivity contribution >= 4 is 5.97 Å². The molecule has 0 atom stereocenters. The molecule has 0 unspecified atom stereocenters. The zero-order valence-electron chi connectivity index (χ0n) is 6.05. The number of carbonyl (C=O) groups excluding carboxylic acids is 1. The van der Waals surface area contributed by atoms with E-state index in [1.807, 2.05) is 0 Å². The van der Waals surface area contributed by atoms with E-state index in [4.69, 9.17) is 0 Å². The second-order valence-electron chi connectivity index (χ2n) is 1.39. The van der Waals surface area contributed by atoms with Crippen LogP contribution in [-0.2, 0) is 45.5 Å². The molecule has 0 aliphatic carbocycles. The van der Waals surface area contributed by atoms with Gasteiger partial charge in [-0.1, -0.05) is 0 Å². The molecule has 0 radical (unpaired) electrons. The first-order chi connectivity index (χ1) is 4.27. The Labute approximate surface area is 78.9 Å². The molecule has 0 aliphatic heterocycles. The van der Waals surface area contributed by atoms with Crippen LogP contribution in [0, 0.1) is 0 Å². The predicted octanol–water partition coefficient (Wildman–Crippen LogP) is 0.125. The van der Waals surface area contributed by atoms with Crippen LogP contribution in [-0.4, -0.2) is 26.3 Å². The van der Waals surface area contributed by atoms with Crippen LogP contribution in [0.25, 0.3) is 0 Å². The van der Waals surface area contributed by atoms with Gasteiger partial charge in [0.25, 0.3) is 0 Å². The van der Waals surface area contributed by atoms with Crippen molar-refractivity contribution in [3.05, 3.63) is 0 Å². The molecule has 0 heterocycles. The number of ether oxygens (including phenoxy) is 1. The molecule has 0 spiro atoms. The average molecular weight is 225 g/mol. The van der Waals surface area contributed by atoms with Crippen LogP contribution >= 0.6 is 0 Å². The number of rotatable bonds is 4. The Kier molecular flexibility index (Phi) is 12.0. The molecule has 5 heteroatoms. The zero-order valence-corrected chi connectivity index (χ0v) is 8.51. The van der Waals surface area contributed by atoms with Crippen molar-refractivity contribution in [1.82, 2.24) is 0 Å². The van der Waals surface area contributed by atoms with E-state index in [0.717, 1.165) is 0 Å². The smallest absolute Gasteiger partial charge is 0.339 e. The van der Waals surface area contributed by atoms with Gasteiger partial charge in [-0.3, -0.25) is 4.89 Å². The molecular weight excluding hydrogens is 215 g/mol. The van der Waals surface area contributed by atoms with Gasteiger partial charge in [0, 0.05) is 40.2 Å². The van der Waals surface area contributed by atoms with Gasteiger partial charge in [0.1, 0.15) is 6.61 Å². The first-order valence-corrected chi connectivity index (χ1v) is 2.56. The van der Waals surface area contributed by atoms with Gasteiger partial charge < -0.3 is 4.74 Å². The Morgan fingerprint density at radius 1 is 1.40 bits per heavy atom. The molecule has 0 aromatic rings. The summed E-state index contributed by atoms with van der Waals surface area (Å²) in [7, 11) is 1.54. The second-order valence-corrected chi connectivity index (χ2v) is 1.39. The Hall–Kier alpha value is 0.273. The number of hydrogen-bond donors (Lipinski definition) is 0. The summed E-state index contributed by atoms with van der Waals surface area (Å²) in [6.07, 6.45) is 0. The molecule has 0 bridgehead atoms. The van der Waals surface area contributed by atoms with Crippen molar-refractivity contribution in [1.29, 1.82) is 0 Å². The van der Waals surface area contributed by atoms with Crippen molar-refractivity contribution in [2.24, 2.45) is 0 Å². The Morgan fingerprint density at radius 2 is 2.00 bits per heavy atom. The largest absolute Gasteiger partial charge is 0.382 e. The molecule has 4 nitrogen and oxygen atoms in total. The minimum absolute atomic E-state index is 0. The van der Waals surface area contributed by atoms with E-state index in [-0.39, 0.29) is 32.8 Å². The summed E-state index contributed by atoms with van der Waals surface area (Å²) >= 11 is 0. The van der Waals surface area contributed by atoms with Gasteiger partial charge in [0.2, 0.25) is 0 Å². The SMILES string of the molecule is COCCOOC(C)=O.[Zr]. The molecule has 0 amide bonds. The van der Waals surface area contributed by atoms with Crippen molar-refractivity contribution in [3.63, 3.8) is 0 Å². The molecule has 0 aromatic heterocycles. The first kappa shape index (κ1) is 12.9. The van der Waals surface area contributed by atoms with E-state index in [9.17, 15) is 4.79 Å². The molecule has 0 aromatic carbocycles. The van der Waals surface area contributed by atoms with Crippen molar-refractivity contribution in [3.8, 4) is 0 Å². The van der Waals surface area contributed by atoms with Gasteiger partial charge in [-0.25, -0.2) is 4.79 Å². The van der Waals surface area contributed by atoms with Crippen LogP contribution in [0.4, 0.5) is 0 Å². The van der Waals surface area contributed by atoms with Crippen LogP contribution in [0.3, 0.4) is 0 Å². The van der Waals surface area contributed by atoms with Crippen LogP contribution < -0.4 is 0 Å². The summed E-state index contributed by atoms with van der Waals surface area (Å²) in [5.74, 6) is -0.453. The van der Waals surface area contributed by atoms with E-state index < -0.39 is 5.97 Å². The van der Waals surface area contributed by atoms with Crippen molar-refractivity contribution < 1.29 is 45.5 Å². The van der Waals surface area contributed by atoms with Crippen LogP contribution in [0.15, 0.2) is 0 Å². The third kappa shape index (κ3) is 11.1. The summed E-state index contributed by atoms with van der Waals surface area (Å²) in [6.45, 7) is 1.97. The maximum Gasteiger partial charge on any atom is 0.339 e. The van der Waals surface area contributed by atoms with E-state index in [0.29, 0.717) is 6.61 Å². The summed E-state index contributed by atoms with van der Waals surface area (Å²) in [5.41, 5.74) is 0. The average Bonchev–Trinajstić information content (AvgIpc) is 1.80. The molecule has 0 rings (SSSR count). The summed E-state index contributed by atoms with van der Waals surface area (Å²) < 4.78 is 4.61. The van der Waals surface area contributed by atoms with Gasteiger partial charge in [0.05, 0.1) is 6.61 Å². The maximum absolute atomic E-state index is 10.0. The normalized spacial score (nSPS) is 8.20. The second kappa shape index (κ2) is 9.27. The van der Waals surface area contributed by atoms with Crippen LogP contribution in [0.2, 0.25) is 0 Å². The Morgan fingerprint density at radius 3 is 2.40 bits per heavy atom. The predicted molar refractivity (Wildman–Crippen MR) is 29.6 cm³/mol. The van der Waals surface area contributed by atoms with Crippen molar-refractivity contribution in [2.75, 3.05) is 20.3 Å². The van der Waals surface area contributed by atoms with Crippen LogP contribution in [0.1, 0.15) is 6.92 Å². The molecule has 10 heavy (non-hydrogen) atoms. The Bertz CT molecular complexity index is 85.7. The minimum atomic E-state index is -0.453. The first-order valence-electron chi connectivity index (χ1n) is 2.56. The number of hydrogen-bond acceptors (Lipinski definition) is 4. The monoisotopic (exact) mass is 224 g/mol. The standard InChI is InChI=1S/C5H10O4.Zr/c1-5(6)9-8-4-3-7-2;/h3-4H2,1-2H3;. The molecular formula is C5H10O4Zr. The molecule has 0 N–H and O–H groups in total. The summed E-state index contributed by atoms with van der Waals surface area (Å²) in [4.78, 5) is 18.5. The Balaban J connectivity index is 0. The van der Waals surface area contributed by atoms with E-state index >= 15 is 0 Å². The van der Waals surface area contributed by atoms with Gasteiger partial charge in [-0.05, 0) is 0 Å². The van der Waals surface area contributed by atoms with Crippen molar-refractivity contribution in [2.45, 2.75) is 6.92 Å². The van der Waals surface area contributed by atoms with Gasteiger partial charge in [-0.15, -0.1) is 0 Å². The summed E-state index contributed by atoms with van der Waals surface area (Å²) in [5, 5.41) is 0. The number of methoxy groups -OCH3 is 1. The quantitative estimate of drug-likeness (QED) is 0.387. The molecule has 0 saturated carbocycles. The molecule has 0 aliphatic rings. The third-order valence-corrected chi connectivity index (χ3v) is 0.547. The fourth-order valence-corrected chi connectivity index (χ4v) is 0.242. The molecule has 0 saturated heterocycles. The van der Waals surface area contributed by atoms with E-state index in [1.54, 1.807) is 0 Å². The van der Waals surface area contributed by atoms with Gasteiger partial charge in [0.15, 0.2) is 0 Å². The number of carbonyl (C=O) groups is 1. The fraction of sp³-hybridized carbons (Fsp3) is 0.800. The van der Waals surface area contributed by atoms with Crippen LogP contribution in [0.5, 0.6) is 0 Å². The van der Waals surface area contributed by atoms with E-state index in [2.05, 4.69) is 14.5 Å². The summed E-state index contributed by atoms with van der Waals surface area (Å²) in [6, 6.07) is 0. The van der Waals surface area contributed by atoms with Gasteiger partial charge >= 0.3 is 5.97 Å². The van der Waals surface area contributed by atoms with E-state index in [1.165, 1.54) is 14.0 Å². The minimum Gasteiger partial charge on any atom is -0.382 e.